The van der Waals surface area contributed by atoms with E-state index in [2.05, 4.69) is 186 Å². The number of aromatic nitrogens is 1. The van der Waals surface area contributed by atoms with Crippen LogP contribution in [-0.2, 0) is 0 Å². The SMILES string of the molecule is c1ccc(C2=NC(c3cc4ccccc4cc3-n3c4ccccc4c4c5ccccc5ccc43)NC(c3ccc(-c4ccc5ccccc5c4)cc3)=N2)cc1. The van der Waals surface area contributed by atoms with Crippen molar-refractivity contribution < 1.29 is 0 Å². The van der Waals surface area contributed by atoms with Crippen LogP contribution in [0.1, 0.15) is 22.9 Å². The predicted octanol–water partition coefficient (Wildman–Crippen LogP) is 12.4. The Morgan fingerprint density at radius 1 is 0.418 bits per heavy atom. The van der Waals surface area contributed by atoms with Crippen molar-refractivity contribution in [1.29, 1.82) is 0 Å². The summed E-state index contributed by atoms with van der Waals surface area (Å²) in [5, 5.41) is 13.6. The van der Waals surface area contributed by atoms with E-state index in [0.29, 0.717) is 5.84 Å². The van der Waals surface area contributed by atoms with Crippen molar-refractivity contribution in [2.75, 3.05) is 0 Å². The fourth-order valence-corrected chi connectivity index (χ4v) is 8.32. The molecule has 1 aromatic heterocycles. The van der Waals surface area contributed by atoms with Gasteiger partial charge in [0.1, 0.15) is 12.0 Å². The van der Waals surface area contributed by atoms with E-state index in [1.807, 2.05) is 18.2 Å². The third kappa shape index (κ3) is 5.30. The predicted molar refractivity (Wildman–Crippen MR) is 231 cm³/mol. The molecule has 0 amide bonds. The van der Waals surface area contributed by atoms with Crippen LogP contribution in [0.4, 0.5) is 0 Å². The van der Waals surface area contributed by atoms with Gasteiger partial charge in [-0.1, -0.05) is 164 Å². The average molecular weight is 703 g/mol. The summed E-state index contributed by atoms with van der Waals surface area (Å²) < 4.78 is 2.43. The fourth-order valence-electron chi connectivity index (χ4n) is 8.32. The molecule has 0 aliphatic carbocycles. The molecule has 1 aliphatic heterocycles. The fraction of sp³-hybridized carbons (Fsp3) is 0.0196. The summed E-state index contributed by atoms with van der Waals surface area (Å²) in [6, 6.07) is 69.4. The summed E-state index contributed by atoms with van der Waals surface area (Å²) in [5.74, 6) is 1.49. The zero-order valence-corrected chi connectivity index (χ0v) is 29.9. The molecule has 1 N–H and O–H groups in total. The van der Waals surface area contributed by atoms with Gasteiger partial charge in [-0.3, -0.25) is 0 Å². The molecule has 0 radical (unpaired) electrons. The lowest BCUT2D eigenvalue weighted by atomic mass is 9.99. The van der Waals surface area contributed by atoms with Gasteiger partial charge < -0.3 is 9.88 Å². The number of aliphatic imine (C=N–C) groups is 2. The highest BCUT2D eigenvalue weighted by Crippen LogP contribution is 2.40. The molecular formula is C51H34N4. The normalized spacial score (nSPS) is 14.4. The van der Waals surface area contributed by atoms with Crippen LogP contribution in [-0.4, -0.2) is 16.2 Å². The molecule has 55 heavy (non-hydrogen) atoms. The number of fused-ring (bicyclic) bond motifs is 7. The van der Waals surface area contributed by atoms with Crippen LogP contribution in [0.3, 0.4) is 0 Å². The highest BCUT2D eigenvalue weighted by atomic mass is 15.2. The minimum absolute atomic E-state index is 0.417. The van der Waals surface area contributed by atoms with Crippen LogP contribution in [0.25, 0.3) is 70.9 Å². The minimum atomic E-state index is -0.417. The Labute approximate surface area is 318 Å². The summed E-state index contributed by atoms with van der Waals surface area (Å²) in [6.07, 6.45) is -0.417. The summed E-state index contributed by atoms with van der Waals surface area (Å²) in [4.78, 5) is 10.6. The van der Waals surface area contributed by atoms with Gasteiger partial charge in [0.2, 0.25) is 0 Å². The van der Waals surface area contributed by atoms with Gasteiger partial charge in [-0.25, -0.2) is 9.98 Å². The molecule has 9 aromatic carbocycles. The van der Waals surface area contributed by atoms with E-state index >= 15 is 0 Å². The van der Waals surface area contributed by atoms with Gasteiger partial charge in [0, 0.05) is 27.5 Å². The van der Waals surface area contributed by atoms with Crippen molar-refractivity contribution in [2.45, 2.75) is 6.17 Å². The number of nitrogens with zero attached hydrogens (tertiary/aromatic N) is 3. The lowest BCUT2D eigenvalue weighted by Crippen LogP contribution is -2.34. The van der Waals surface area contributed by atoms with E-state index in [9.17, 15) is 0 Å². The summed E-state index contributed by atoms with van der Waals surface area (Å²) in [6.45, 7) is 0. The summed E-state index contributed by atoms with van der Waals surface area (Å²) in [5.41, 5.74) is 8.81. The first-order chi connectivity index (χ1) is 27.2. The maximum Gasteiger partial charge on any atom is 0.159 e. The van der Waals surface area contributed by atoms with Gasteiger partial charge in [-0.2, -0.15) is 0 Å². The van der Waals surface area contributed by atoms with E-state index in [-0.39, 0.29) is 0 Å². The van der Waals surface area contributed by atoms with Gasteiger partial charge in [-0.15, -0.1) is 0 Å². The second kappa shape index (κ2) is 12.7. The molecule has 0 fully saturated rings. The maximum atomic E-state index is 5.38. The van der Waals surface area contributed by atoms with E-state index in [1.165, 1.54) is 43.3 Å². The first kappa shape index (κ1) is 31.2. The first-order valence-corrected chi connectivity index (χ1v) is 18.8. The van der Waals surface area contributed by atoms with E-state index < -0.39 is 6.17 Å². The maximum absolute atomic E-state index is 5.38. The monoisotopic (exact) mass is 702 g/mol. The van der Waals surface area contributed by atoms with Gasteiger partial charge in [0.25, 0.3) is 0 Å². The van der Waals surface area contributed by atoms with E-state index in [1.54, 1.807) is 0 Å². The second-order valence-electron chi connectivity index (χ2n) is 14.3. The molecule has 1 aliphatic rings. The largest absolute Gasteiger partial charge is 0.344 e. The molecule has 4 heteroatoms. The molecule has 1 unspecified atom stereocenters. The number of benzene rings is 9. The first-order valence-electron chi connectivity index (χ1n) is 18.8. The number of nitrogens with one attached hydrogen (secondary N) is 1. The van der Waals surface area contributed by atoms with Crippen molar-refractivity contribution in [3.8, 4) is 16.8 Å². The number of para-hydroxylation sites is 1. The molecule has 2 heterocycles. The van der Waals surface area contributed by atoms with Crippen LogP contribution >= 0.6 is 0 Å². The molecular weight excluding hydrogens is 669 g/mol. The highest BCUT2D eigenvalue weighted by Gasteiger charge is 2.26. The second-order valence-corrected chi connectivity index (χ2v) is 14.3. The molecule has 4 nitrogen and oxygen atoms in total. The Balaban J connectivity index is 1.09. The number of amidine groups is 2. The lowest BCUT2D eigenvalue weighted by molar-refractivity contribution is 0.671. The molecule has 0 spiro atoms. The Morgan fingerprint density at radius 2 is 1.02 bits per heavy atom. The zero-order chi connectivity index (χ0) is 36.3. The Hall–Kier alpha value is -7.30. The molecule has 0 bridgehead atoms. The van der Waals surface area contributed by atoms with Gasteiger partial charge in [0.15, 0.2) is 5.84 Å². The molecule has 10 aromatic rings. The van der Waals surface area contributed by atoms with Crippen LogP contribution in [0.15, 0.2) is 204 Å². The van der Waals surface area contributed by atoms with Crippen molar-refractivity contribution >= 4 is 65.8 Å². The molecule has 11 rings (SSSR count). The third-order valence-electron chi connectivity index (χ3n) is 11.0. The molecule has 1 atom stereocenters. The Kier molecular flexibility index (Phi) is 7.20. The van der Waals surface area contributed by atoms with Gasteiger partial charge in [0.05, 0.1) is 16.7 Å². The quantitative estimate of drug-likeness (QED) is 0.191. The van der Waals surface area contributed by atoms with Crippen LogP contribution in [0.2, 0.25) is 0 Å². The topological polar surface area (TPSA) is 41.7 Å². The zero-order valence-electron chi connectivity index (χ0n) is 29.9. The Bertz CT molecular complexity index is 3170. The van der Waals surface area contributed by atoms with E-state index in [0.717, 1.165) is 50.2 Å². The highest BCUT2D eigenvalue weighted by molar-refractivity contribution is 6.21. The van der Waals surface area contributed by atoms with Crippen LogP contribution < -0.4 is 5.32 Å². The number of hydrogen-bond donors (Lipinski definition) is 1. The Morgan fingerprint density at radius 3 is 1.82 bits per heavy atom. The smallest absolute Gasteiger partial charge is 0.159 e. The van der Waals surface area contributed by atoms with Crippen molar-refractivity contribution in [3.63, 3.8) is 0 Å². The lowest BCUT2D eigenvalue weighted by Gasteiger charge is -2.26. The molecule has 0 saturated heterocycles. The van der Waals surface area contributed by atoms with E-state index in [4.69, 9.17) is 9.98 Å². The standard InChI is InChI=1S/C51H34N4/c1-2-14-36(15-3-1)49-52-50(37-25-22-34(23-26-37)41-27-24-33-12-4-5-16-38(33)30-41)54-51(53-49)44-31-39-17-6-7-18-40(39)32-47(44)55-45-21-11-10-20-43(45)48-42-19-9-8-13-35(42)28-29-46(48)55/h1-32,51H,(H,52,53,54). The summed E-state index contributed by atoms with van der Waals surface area (Å²) in [7, 11) is 0. The third-order valence-corrected chi connectivity index (χ3v) is 11.0. The molecule has 0 saturated carbocycles. The van der Waals surface area contributed by atoms with Gasteiger partial charge in [-0.05, 0) is 73.8 Å². The average Bonchev–Trinajstić information content (AvgIpc) is 3.61. The number of hydrogen-bond acceptors (Lipinski definition) is 3. The van der Waals surface area contributed by atoms with Crippen molar-refractivity contribution in [2.24, 2.45) is 9.98 Å². The molecule has 258 valence electrons. The van der Waals surface area contributed by atoms with Crippen molar-refractivity contribution in [1.82, 2.24) is 9.88 Å². The van der Waals surface area contributed by atoms with Crippen LogP contribution in [0.5, 0.6) is 0 Å². The van der Waals surface area contributed by atoms with Gasteiger partial charge >= 0.3 is 0 Å². The minimum Gasteiger partial charge on any atom is -0.344 e. The number of rotatable bonds is 5. The van der Waals surface area contributed by atoms with Crippen LogP contribution in [0, 0.1) is 0 Å². The van der Waals surface area contributed by atoms with Crippen molar-refractivity contribution in [3.05, 3.63) is 211 Å². The summed E-state index contributed by atoms with van der Waals surface area (Å²) >= 11 is 0.